The van der Waals surface area contributed by atoms with Gasteiger partial charge in [0, 0.05) is 25.6 Å². The van der Waals surface area contributed by atoms with Gasteiger partial charge >= 0.3 is 0 Å². The Balaban J connectivity index is 1.45. The summed E-state index contributed by atoms with van der Waals surface area (Å²) in [5, 5.41) is 0. The Bertz CT molecular complexity index is 700. The Labute approximate surface area is 149 Å². The van der Waals surface area contributed by atoms with Gasteiger partial charge in [0.25, 0.3) is 0 Å². The molecular formula is C21H25NO3. The molecule has 4 nitrogen and oxygen atoms in total. The fraction of sp³-hybridized carbons (Fsp3) is 0.429. The van der Waals surface area contributed by atoms with Crippen molar-refractivity contribution in [3.8, 4) is 17.2 Å². The molecule has 1 heterocycles. The molecule has 2 aromatic rings. The van der Waals surface area contributed by atoms with Gasteiger partial charge in [0.2, 0.25) is 6.79 Å². The van der Waals surface area contributed by atoms with Gasteiger partial charge in [-0.3, -0.25) is 0 Å². The van der Waals surface area contributed by atoms with Crippen molar-refractivity contribution in [2.75, 3.05) is 26.9 Å². The van der Waals surface area contributed by atoms with Crippen LogP contribution in [0, 0.1) is 5.92 Å². The first-order valence-corrected chi connectivity index (χ1v) is 9.08. The Morgan fingerprint density at radius 1 is 1.08 bits per heavy atom. The summed E-state index contributed by atoms with van der Waals surface area (Å²) in [6.45, 7) is 2.51. The van der Waals surface area contributed by atoms with Crippen LogP contribution in [0.2, 0.25) is 0 Å². The van der Waals surface area contributed by atoms with E-state index in [4.69, 9.17) is 14.2 Å². The zero-order chi connectivity index (χ0) is 17.1. The molecule has 1 unspecified atom stereocenters. The van der Waals surface area contributed by atoms with Gasteiger partial charge in [-0.15, -0.1) is 0 Å². The zero-order valence-electron chi connectivity index (χ0n) is 14.7. The second-order valence-corrected chi connectivity index (χ2v) is 7.03. The quantitative estimate of drug-likeness (QED) is 0.719. The predicted octanol–water partition coefficient (Wildman–Crippen LogP) is 4.27. The summed E-state index contributed by atoms with van der Waals surface area (Å²) in [6, 6.07) is 16.2. The maximum Gasteiger partial charge on any atom is 0.231 e. The summed E-state index contributed by atoms with van der Waals surface area (Å²) in [5.74, 6) is 3.28. The van der Waals surface area contributed by atoms with Gasteiger partial charge in [-0.2, -0.15) is 0 Å². The van der Waals surface area contributed by atoms with Crippen molar-refractivity contribution < 1.29 is 14.2 Å². The first-order chi connectivity index (χ1) is 12.3. The smallest absolute Gasteiger partial charge is 0.231 e. The van der Waals surface area contributed by atoms with Crippen LogP contribution in [0.5, 0.6) is 17.2 Å². The molecule has 2 aromatic carbocycles. The van der Waals surface area contributed by atoms with E-state index in [2.05, 4.69) is 36.2 Å². The molecule has 1 aliphatic heterocycles. The lowest BCUT2D eigenvalue weighted by Crippen LogP contribution is -2.24. The molecule has 25 heavy (non-hydrogen) atoms. The second-order valence-electron chi connectivity index (χ2n) is 7.03. The summed E-state index contributed by atoms with van der Waals surface area (Å²) in [6.07, 6.45) is 3.77. The van der Waals surface area contributed by atoms with Crippen LogP contribution in [0.1, 0.15) is 30.9 Å². The number of hydrogen-bond acceptors (Lipinski definition) is 4. The summed E-state index contributed by atoms with van der Waals surface area (Å²) >= 11 is 0. The van der Waals surface area contributed by atoms with E-state index < -0.39 is 0 Å². The summed E-state index contributed by atoms with van der Waals surface area (Å²) in [5.41, 5.74) is 1.21. The van der Waals surface area contributed by atoms with E-state index in [0.29, 0.717) is 0 Å². The van der Waals surface area contributed by atoms with Gasteiger partial charge in [0.1, 0.15) is 11.9 Å². The normalized spacial score (nSPS) is 16.9. The zero-order valence-corrected chi connectivity index (χ0v) is 14.7. The van der Waals surface area contributed by atoms with E-state index >= 15 is 0 Å². The SMILES string of the molecule is CN(CCC(Oc1ccc2c(c1)OCO2)c1ccccc1)CC1CC1. The van der Waals surface area contributed by atoms with Crippen LogP contribution in [0.25, 0.3) is 0 Å². The van der Waals surface area contributed by atoms with Crippen molar-refractivity contribution in [1.29, 1.82) is 0 Å². The molecule has 1 fully saturated rings. The molecule has 2 aliphatic rings. The van der Waals surface area contributed by atoms with Crippen LogP contribution >= 0.6 is 0 Å². The minimum absolute atomic E-state index is 0.0308. The molecule has 1 aliphatic carbocycles. The van der Waals surface area contributed by atoms with Crippen molar-refractivity contribution >= 4 is 0 Å². The minimum atomic E-state index is 0.0308. The molecule has 0 aromatic heterocycles. The van der Waals surface area contributed by atoms with E-state index in [-0.39, 0.29) is 12.9 Å². The van der Waals surface area contributed by atoms with Crippen LogP contribution in [0.4, 0.5) is 0 Å². The fourth-order valence-corrected chi connectivity index (χ4v) is 3.25. The molecule has 1 atom stereocenters. The highest BCUT2D eigenvalue weighted by Gasteiger charge is 2.23. The van der Waals surface area contributed by atoms with Crippen LogP contribution in [0.3, 0.4) is 0 Å². The summed E-state index contributed by atoms with van der Waals surface area (Å²) in [7, 11) is 2.21. The summed E-state index contributed by atoms with van der Waals surface area (Å²) < 4.78 is 17.2. The number of benzene rings is 2. The first-order valence-electron chi connectivity index (χ1n) is 9.08. The van der Waals surface area contributed by atoms with Crippen LogP contribution < -0.4 is 14.2 Å². The van der Waals surface area contributed by atoms with E-state index in [1.807, 2.05) is 24.3 Å². The molecule has 0 saturated heterocycles. The average molecular weight is 339 g/mol. The van der Waals surface area contributed by atoms with E-state index in [9.17, 15) is 0 Å². The predicted molar refractivity (Wildman–Crippen MR) is 97.2 cm³/mol. The van der Waals surface area contributed by atoms with Crippen molar-refractivity contribution in [1.82, 2.24) is 4.90 Å². The largest absolute Gasteiger partial charge is 0.486 e. The molecule has 4 rings (SSSR count). The molecule has 0 N–H and O–H groups in total. The maximum atomic E-state index is 6.33. The lowest BCUT2D eigenvalue weighted by molar-refractivity contribution is 0.168. The molecule has 4 heteroatoms. The van der Waals surface area contributed by atoms with Crippen LogP contribution in [-0.2, 0) is 0 Å². The highest BCUT2D eigenvalue weighted by molar-refractivity contribution is 5.47. The van der Waals surface area contributed by atoms with Crippen LogP contribution in [0.15, 0.2) is 48.5 Å². The highest BCUT2D eigenvalue weighted by Crippen LogP contribution is 2.37. The number of nitrogens with zero attached hydrogens (tertiary/aromatic N) is 1. The third kappa shape index (κ3) is 4.26. The second kappa shape index (κ2) is 7.36. The first kappa shape index (κ1) is 16.3. The number of hydrogen-bond donors (Lipinski definition) is 0. The van der Waals surface area contributed by atoms with Gasteiger partial charge in [0.15, 0.2) is 11.5 Å². The lowest BCUT2D eigenvalue weighted by Gasteiger charge is -2.23. The molecular weight excluding hydrogens is 314 g/mol. The monoisotopic (exact) mass is 339 g/mol. The summed E-state index contributed by atoms with van der Waals surface area (Å²) in [4.78, 5) is 2.43. The standard InChI is InChI=1S/C21H25NO3/c1-22(14-16-7-8-16)12-11-19(17-5-3-2-4-6-17)25-18-9-10-20-21(13-18)24-15-23-20/h2-6,9-10,13,16,19H,7-8,11-12,14-15H2,1H3. The Kier molecular flexibility index (Phi) is 4.79. The number of fused-ring (bicyclic) bond motifs is 1. The number of rotatable bonds is 8. The van der Waals surface area contributed by atoms with E-state index in [1.54, 1.807) is 0 Å². The molecule has 0 spiro atoms. The van der Waals surface area contributed by atoms with Crippen molar-refractivity contribution in [3.63, 3.8) is 0 Å². The van der Waals surface area contributed by atoms with E-state index in [0.717, 1.165) is 36.1 Å². The van der Waals surface area contributed by atoms with Gasteiger partial charge in [-0.05, 0) is 43.5 Å². The van der Waals surface area contributed by atoms with Gasteiger partial charge in [-0.25, -0.2) is 0 Å². The Morgan fingerprint density at radius 3 is 2.68 bits per heavy atom. The maximum absolute atomic E-state index is 6.33. The molecule has 0 amide bonds. The van der Waals surface area contributed by atoms with Crippen molar-refractivity contribution in [2.45, 2.75) is 25.4 Å². The van der Waals surface area contributed by atoms with Gasteiger partial charge in [0.05, 0.1) is 0 Å². The van der Waals surface area contributed by atoms with Crippen molar-refractivity contribution in [2.24, 2.45) is 5.92 Å². The van der Waals surface area contributed by atoms with E-state index in [1.165, 1.54) is 24.9 Å². The van der Waals surface area contributed by atoms with Crippen molar-refractivity contribution in [3.05, 3.63) is 54.1 Å². The van der Waals surface area contributed by atoms with Gasteiger partial charge < -0.3 is 19.1 Å². The lowest BCUT2D eigenvalue weighted by atomic mass is 10.1. The van der Waals surface area contributed by atoms with Crippen LogP contribution in [-0.4, -0.2) is 31.8 Å². The third-order valence-electron chi connectivity index (χ3n) is 4.83. The minimum Gasteiger partial charge on any atom is -0.486 e. The molecule has 0 radical (unpaired) electrons. The topological polar surface area (TPSA) is 30.9 Å². The Hall–Kier alpha value is -2.20. The fourth-order valence-electron chi connectivity index (χ4n) is 3.25. The third-order valence-corrected chi connectivity index (χ3v) is 4.83. The Morgan fingerprint density at radius 2 is 1.88 bits per heavy atom. The molecule has 132 valence electrons. The molecule has 0 bridgehead atoms. The highest BCUT2D eigenvalue weighted by atomic mass is 16.7. The average Bonchev–Trinajstić information content (AvgIpc) is 3.32. The molecule has 1 saturated carbocycles. The van der Waals surface area contributed by atoms with Gasteiger partial charge in [-0.1, -0.05) is 30.3 Å². The number of ether oxygens (including phenoxy) is 3.